The summed E-state index contributed by atoms with van der Waals surface area (Å²) >= 11 is 1.59. The van der Waals surface area contributed by atoms with Crippen LogP contribution in [0.1, 0.15) is 19.8 Å². The third-order valence-electron chi connectivity index (χ3n) is 3.08. The number of hydrogen-bond acceptors (Lipinski definition) is 4. The molecular formula is C11H23ClN2O2S. The smallest absolute Gasteiger partial charge is 0.224 e. The Kier molecular flexibility index (Phi) is 9.04. The van der Waals surface area contributed by atoms with Gasteiger partial charge in [0.2, 0.25) is 5.91 Å². The molecular weight excluding hydrogens is 260 g/mol. The lowest BCUT2D eigenvalue weighted by molar-refractivity contribution is -0.126. The first kappa shape index (κ1) is 17.0. The van der Waals surface area contributed by atoms with Crippen LogP contribution in [-0.2, 0) is 4.79 Å². The van der Waals surface area contributed by atoms with Gasteiger partial charge in [0.1, 0.15) is 0 Å². The zero-order chi connectivity index (χ0) is 12.0. The first-order chi connectivity index (χ1) is 7.69. The third kappa shape index (κ3) is 5.46. The molecule has 0 aromatic heterocycles. The molecule has 102 valence electrons. The van der Waals surface area contributed by atoms with Crippen molar-refractivity contribution in [1.82, 2.24) is 10.6 Å². The van der Waals surface area contributed by atoms with E-state index in [0.717, 1.165) is 25.9 Å². The number of piperidine rings is 1. The topological polar surface area (TPSA) is 61.4 Å². The number of nitrogens with one attached hydrogen (secondary N) is 2. The number of carbonyl (C=O) groups is 1. The summed E-state index contributed by atoms with van der Waals surface area (Å²) in [7, 11) is 0. The summed E-state index contributed by atoms with van der Waals surface area (Å²) in [5.41, 5.74) is 0. The van der Waals surface area contributed by atoms with Gasteiger partial charge in [-0.15, -0.1) is 12.4 Å². The Hall–Kier alpha value is 0.0300. The predicted molar refractivity (Wildman–Crippen MR) is 74.8 cm³/mol. The van der Waals surface area contributed by atoms with Crippen LogP contribution in [0.4, 0.5) is 0 Å². The molecule has 1 heterocycles. The fraction of sp³-hybridized carbons (Fsp3) is 0.909. The van der Waals surface area contributed by atoms with Crippen LogP contribution in [0, 0.1) is 5.92 Å². The van der Waals surface area contributed by atoms with Gasteiger partial charge >= 0.3 is 0 Å². The summed E-state index contributed by atoms with van der Waals surface area (Å²) in [6, 6.07) is 0.0226. The summed E-state index contributed by atoms with van der Waals surface area (Å²) < 4.78 is 0. The summed E-state index contributed by atoms with van der Waals surface area (Å²) in [4.78, 5) is 11.9. The monoisotopic (exact) mass is 282 g/mol. The Morgan fingerprint density at radius 1 is 1.65 bits per heavy atom. The molecule has 0 radical (unpaired) electrons. The van der Waals surface area contributed by atoms with Crippen molar-refractivity contribution in [2.75, 3.05) is 26.0 Å². The quantitative estimate of drug-likeness (QED) is 0.692. The second kappa shape index (κ2) is 9.03. The zero-order valence-electron chi connectivity index (χ0n) is 10.4. The number of carbonyl (C=O) groups excluding carboxylic acids is 1. The third-order valence-corrected chi connectivity index (χ3v) is 4.24. The highest BCUT2D eigenvalue weighted by Gasteiger charge is 2.24. The molecule has 0 bridgehead atoms. The predicted octanol–water partition coefficient (Wildman–Crippen LogP) is 0.636. The van der Waals surface area contributed by atoms with Crippen molar-refractivity contribution in [3.05, 3.63) is 0 Å². The van der Waals surface area contributed by atoms with E-state index in [2.05, 4.69) is 10.6 Å². The lowest BCUT2D eigenvalue weighted by Gasteiger charge is -2.26. The molecule has 1 aliphatic heterocycles. The standard InChI is InChI=1S/C11H22N2O2S.ClH/c1-8(10(7-14)16-2)13-11(15)9-4-3-5-12-6-9;/h8-10,12,14H,3-7H2,1-2H3,(H,13,15);1H/t8?,9-,10?;/m1./s1. The highest BCUT2D eigenvalue weighted by Crippen LogP contribution is 2.13. The Morgan fingerprint density at radius 2 is 2.35 bits per heavy atom. The van der Waals surface area contributed by atoms with Crippen LogP contribution in [0.15, 0.2) is 0 Å². The van der Waals surface area contributed by atoms with Crippen molar-refractivity contribution >= 4 is 30.1 Å². The van der Waals surface area contributed by atoms with Crippen LogP contribution in [0.2, 0.25) is 0 Å². The molecule has 1 rings (SSSR count). The Morgan fingerprint density at radius 3 is 2.82 bits per heavy atom. The summed E-state index contributed by atoms with van der Waals surface area (Å²) in [5, 5.41) is 15.4. The number of thioether (sulfide) groups is 1. The van der Waals surface area contributed by atoms with Crippen molar-refractivity contribution in [1.29, 1.82) is 0 Å². The number of aliphatic hydroxyl groups is 1. The van der Waals surface area contributed by atoms with E-state index in [4.69, 9.17) is 5.11 Å². The lowest BCUT2D eigenvalue weighted by atomic mass is 9.98. The van der Waals surface area contributed by atoms with Crippen molar-refractivity contribution in [2.24, 2.45) is 5.92 Å². The molecule has 1 fully saturated rings. The first-order valence-electron chi connectivity index (χ1n) is 5.83. The fourth-order valence-electron chi connectivity index (χ4n) is 1.95. The highest BCUT2D eigenvalue weighted by molar-refractivity contribution is 7.99. The number of rotatable bonds is 5. The molecule has 0 aliphatic carbocycles. The molecule has 17 heavy (non-hydrogen) atoms. The van der Waals surface area contributed by atoms with E-state index in [1.165, 1.54) is 0 Å². The van der Waals surface area contributed by atoms with Crippen molar-refractivity contribution < 1.29 is 9.90 Å². The molecule has 4 nitrogen and oxygen atoms in total. The van der Waals surface area contributed by atoms with E-state index in [-0.39, 0.29) is 42.1 Å². The van der Waals surface area contributed by atoms with Crippen LogP contribution >= 0.6 is 24.2 Å². The highest BCUT2D eigenvalue weighted by atomic mass is 35.5. The minimum atomic E-state index is 0. The van der Waals surface area contributed by atoms with Crippen molar-refractivity contribution in [3.8, 4) is 0 Å². The molecule has 1 aliphatic rings. The minimum Gasteiger partial charge on any atom is -0.395 e. The van der Waals surface area contributed by atoms with E-state index in [9.17, 15) is 4.79 Å². The Labute approximate surface area is 114 Å². The fourth-order valence-corrected chi connectivity index (χ4v) is 2.57. The maximum atomic E-state index is 11.9. The summed E-state index contributed by atoms with van der Waals surface area (Å²) in [6.45, 7) is 3.85. The van der Waals surface area contributed by atoms with Crippen molar-refractivity contribution in [3.63, 3.8) is 0 Å². The van der Waals surface area contributed by atoms with Gasteiger partial charge in [-0.2, -0.15) is 11.8 Å². The van der Waals surface area contributed by atoms with E-state index in [1.54, 1.807) is 11.8 Å². The molecule has 0 aromatic carbocycles. The van der Waals surface area contributed by atoms with Gasteiger partial charge < -0.3 is 15.7 Å². The van der Waals surface area contributed by atoms with Crippen molar-refractivity contribution in [2.45, 2.75) is 31.1 Å². The van der Waals surface area contributed by atoms with Gasteiger partial charge in [0.05, 0.1) is 12.5 Å². The molecule has 3 atom stereocenters. The van der Waals surface area contributed by atoms with Gasteiger partial charge in [-0.1, -0.05) is 0 Å². The van der Waals surface area contributed by atoms with Crippen LogP contribution in [-0.4, -0.2) is 48.3 Å². The summed E-state index contributed by atoms with van der Waals surface area (Å²) in [6.07, 6.45) is 3.98. The zero-order valence-corrected chi connectivity index (χ0v) is 12.1. The average Bonchev–Trinajstić information content (AvgIpc) is 2.31. The molecule has 0 spiro atoms. The normalized spacial score (nSPS) is 23.4. The maximum Gasteiger partial charge on any atom is 0.224 e. The van der Waals surface area contributed by atoms with Crippen LogP contribution in [0.5, 0.6) is 0 Å². The van der Waals surface area contributed by atoms with Crippen LogP contribution in [0.25, 0.3) is 0 Å². The SMILES string of the molecule is CSC(CO)C(C)NC(=O)[C@@H]1CCCNC1.Cl. The molecule has 3 N–H and O–H groups in total. The van der Waals surface area contributed by atoms with Gasteiger partial charge in [0.15, 0.2) is 0 Å². The molecule has 0 aromatic rings. The molecule has 0 saturated carbocycles. The van der Waals surface area contributed by atoms with Gasteiger partial charge in [-0.05, 0) is 32.6 Å². The van der Waals surface area contributed by atoms with Gasteiger partial charge in [-0.25, -0.2) is 0 Å². The Balaban J connectivity index is 0.00000256. The van der Waals surface area contributed by atoms with E-state index in [0.29, 0.717) is 0 Å². The molecule has 2 unspecified atom stereocenters. The number of hydrogen-bond donors (Lipinski definition) is 3. The Bertz CT molecular complexity index is 222. The minimum absolute atomic E-state index is 0. The second-order valence-electron chi connectivity index (χ2n) is 4.30. The second-order valence-corrected chi connectivity index (χ2v) is 5.37. The van der Waals surface area contributed by atoms with Gasteiger partial charge in [0.25, 0.3) is 0 Å². The van der Waals surface area contributed by atoms with Gasteiger partial charge in [0, 0.05) is 17.8 Å². The van der Waals surface area contributed by atoms with E-state index >= 15 is 0 Å². The maximum absolute atomic E-state index is 11.9. The summed E-state index contributed by atoms with van der Waals surface area (Å²) in [5.74, 6) is 0.213. The number of halogens is 1. The van der Waals surface area contributed by atoms with E-state index < -0.39 is 0 Å². The lowest BCUT2D eigenvalue weighted by Crippen LogP contribution is -2.47. The largest absolute Gasteiger partial charge is 0.395 e. The van der Waals surface area contributed by atoms with E-state index in [1.807, 2.05) is 13.2 Å². The molecule has 1 amide bonds. The number of amides is 1. The van der Waals surface area contributed by atoms with Crippen LogP contribution < -0.4 is 10.6 Å². The average molecular weight is 283 g/mol. The number of aliphatic hydroxyl groups excluding tert-OH is 1. The van der Waals surface area contributed by atoms with Gasteiger partial charge in [-0.3, -0.25) is 4.79 Å². The van der Waals surface area contributed by atoms with Crippen LogP contribution in [0.3, 0.4) is 0 Å². The first-order valence-corrected chi connectivity index (χ1v) is 7.12. The molecule has 1 saturated heterocycles. The molecule has 6 heteroatoms.